The van der Waals surface area contributed by atoms with Crippen molar-refractivity contribution in [3.63, 3.8) is 0 Å². The van der Waals surface area contributed by atoms with E-state index in [1.165, 1.54) is 22.8 Å². The molecule has 176 valence electrons. The van der Waals surface area contributed by atoms with Crippen LogP contribution in [0.5, 0.6) is 0 Å². The third-order valence-electron chi connectivity index (χ3n) is 5.44. The maximum atomic E-state index is 13.5. The standard InChI is InChI=1S/C24H19FN6O4/c1-13-8-14(2-4-16(13)25)11-27-23(33)19-10-18(29-21-6-7-28-31(19)21)22(32)26-12-15-3-5-20-17(9-15)30-24(34)35-20/h2-10H,11-12H2,1H3,(H,26,32)(H,27,33)(H,30,34). The molecule has 3 N–H and O–H groups in total. The van der Waals surface area contributed by atoms with Gasteiger partial charge in [-0.15, -0.1) is 0 Å². The van der Waals surface area contributed by atoms with E-state index in [9.17, 15) is 18.8 Å². The molecule has 0 fully saturated rings. The third-order valence-corrected chi connectivity index (χ3v) is 5.44. The molecule has 0 saturated carbocycles. The highest BCUT2D eigenvalue weighted by atomic mass is 19.1. The Bertz CT molecular complexity index is 1650. The van der Waals surface area contributed by atoms with Crippen molar-refractivity contribution >= 4 is 28.6 Å². The van der Waals surface area contributed by atoms with Crippen molar-refractivity contribution in [2.75, 3.05) is 0 Å². The highest BCUT2D eigenvalue weighted by Gasteiger charge is 2.18. The Morgan fingerprint density at radius 3 is 2.57 bits per heavy atom. The lowest BCUT2D eigenvalue weighted by atomic mass is 10.1. The molecular weight excluding hydrogens is 455 g/mol. The lowest BCUT2D eigenvalue weighted by Crippen LogP contribution is -2.28. The summed E-state index contributed by atoms with van der Waals surface area (Å²) in [6.07, 6.45) is 1.48. The van der Waals surface area contributed by atoms with Crippen LogP contribution in [0, 0.1) is 12.7 Å². The van der Waals surface area contributed by atoms with Crippen LogP contribution >= 0.6 is 0 Å². The summed E-state index contributed by atoms with van der Waals surface area (Å²) in [6.45, 7) is 1.99. The average molecular weight is 474 g/mol. The Kier molecular flexibility index (Phi) is 5.57. The molecule has 0 aliphatic carbocycles. The summed E-state index contributed by atoms with van der Waals surface area (Å²) in [5, 5.41) is 9.65. The van der Waals surface area contributed by atoms with Crippen LogP contribution < -0.4 is 16.4 Å². The number of benzene rings is 2. The van der Waals surface area contributed by atoms with Gasteiger partial charge < -0.3 is 15.1 Å². The van der Waals surface area contributed by atoms with E-state index >= 15 is 0 Å². The number of nitrogens with zero attached hydrogens (tertiary/aromatic N) is 3. The van der Waals surface area contributed by atoms with E-state index in [1.807, 2.05) is 0 Å². The molecule has 11 heteroatoms. The maximum Gasteiger partial charge on any atom is 0.417 e. The zero-order valence-electron chi connectivity index (χ0n) is 18.5. The molecule has 0 radical (unpaired) electrons. The van der Waals surface area contributed by atoms with E-state index in [4.69, 9.17) is 4.42 Å². The van der Waals surface area contributed by atoms with Gasteiger partial charge in [-0.25, -0.2) is 18.7 Å². The van der Waals surface area contributed by atoms with Crippen molar-refractivity contribution in [3.8, 4) is 0 Å². The molecule has 0 atom stereocenters. The van der Waals surface area contributed by atoms with Gasteiger partial charge in [0, 0.05) is 25.2 Å². The van der Waals surface area contributed by atoms with Gasteiger partial charge in [0.15, 0.2) is 11.2 Å². The molecule has 3 aromatic heterocycles. The van der Waals surface area contributed by atoms with E-state index in [0.29, 0.717) is 22.3 Å². The van der Waals surface area contributed by atoms with Gasteiger partial charge in [-0.2, -0.15) is 5.10 Å². The quantitative estimate of drug-likeness (QED) is 0.346. The van der Waals surface area contributed by atoms with E-state index in [-0.39, 0.29) is 30.3 Å². The van der Waals surface area contributed by atoms with Gasteiger partial charge in [-0.1, -0.05) is 18.2 Å². The molecule has 0 aliphatic rings. The Morgan fingerprint density at radius 2 is 1.77 bits per heavy atom. The summed E-state index contributed by atoms with van der Waals surface area (Å²) >= 11 is 0. The van der Waals surface area contributed by atoms with Crippen LogP contribution in [0.25, 0.3) is 16.7 Å². The number of fused-ring (bicyclic) bond motifs is 2. The topological polar surface area (TPSA) is 134 Å². The predicted octanol–water partition coefficient (Wildman–Crippen LogP) is 2.47. The first-order valence-electron chi connectivity index (χ1n) is 10.7. The molecule has 5 aromatic rings. The molecule has 0 aliphatic heterocycles. The summed E-state index contributed by atoms with van der Waals surface area (Å²) < 4.78 is 19.8. The average Bonchev–Trinajstić information content (AvgIpc) is 3.47. The number of aromatic amines is 1. The lowest BCUT2D eigenvalue weighted by Gasteiger charge is -2.10. The summed E-state index contributed by atoms with van der Waals surface area (Å²) in [5.74, 6) is -1.83. The molecule has 0 bridgehead atoms. The molecule has 5 rings (SSSR count). The van der Waals surface area contributed by atoms with Crippen molar-refractivity contribution in [1.29, 1.82) is 0 Å². The fourth-order valence-corrected chi connectivity index (χ4v) is 3.66. The van der Waals surface area contributed by atoms with Crippen molar-refractivity contribution in [3.05, 3.63) is 99.2 Å². The second kappa shape index (κ2) is 8.86. The summed E-state index contributed by atoms with van der Waals surface area (Å²) in [5.41, 5.74) is 3.39. The van der Waals surface area contributed by atoms with Crippen LogP contribution in [0.15, 0.2) is 63.9 Å². The molecule has 0 unspecified atom stereocenters. The first-order valence-corrected chi connectivity index (χ1v) is 10.7. The van der Waals surface area contributed by atoms with Gasteiger partial charge in [-0.3, -0.25) is 14.6 Å². The van der Waals surface area contributed by atoms with Crippen LogP contribution in [0.4, 0.5) is 4.39 Å². The minimum atomic E-state index is -0.556. The monoisotopic (exact) mass is 474 g/mol. The van der Waals surface area contributed by atoms with Crippen LogP contribution in [0.1, 0.15) is 37.7 Å². The SMILES string of the molecule is Cc1cc(CNC(=O)c2cc(C(=O)NCc3ccc4oc(=O)[nH]c4c3)nc3ccnn23)ccc1F. The molecular formula is C24H19FN6O4. The Balaban J connectivity index is 1.33. The second-order valence-electron chi connectivity index (χ2n) is 7.92. The fourth-order valence-electron chi connectivity index (χ4n) is 3.66. The normalized spacial score (nSPS) is 11.1. The minimum Gasteiger partial charge on any atom is -0.408 e. The number of carbonyl (C=O) groups excluding carboxylic acids is 2. The highest BCUT2D eigenvalue weighted by Crippen LogP contribution is 2.13. The van der Waals surface area contributed by atoms with Crippen LogP contribution in [-0.4, -0.2) is 31.4 Å². The summed E-state index contributed by atoms with van der Waals surface area (Å²) in [6, 6.07) is 12.6. The molecule has 0 saturated heterocycles. The van der Waals surface area contributed by atoms with Gasteiger partial charge in [0.25, 0.3) is 11.8 Å². The first-order chi connectivity index (χ1) is 16.9. The van der Waals surface area contributed by atoms with Gasteiger partial charge in [-0.05, 0) is 41.8 Å². The zero-order chi connectivity index (χ0) is 24.5. The number of halogens is 1. The van der Waals surface area contributed by atoms with Crippen molar-refractivity contribution < 1.29 is 18.4 Å². The summed E-state index contributed by atoms with van der Waals surface area (Å²) in [7, 11) is 0. The molecule has 10 nitrogen and oxygen atoms in total. The van der Waals surface area contributed by atoms with Gasteiger partial charge in [0.1, 0.15) is 17.2 Å². The molecule has 2 aromatic carbocycles. The number of carbonyl (C=O) groups is 2. The van der Waals surface area contributed by atoms with Gasteiger partial charge >= 0.3 is 5.76 Å². The Labute approximate surface area is 196 Å². The second-order valence-corrected chi connectivity index (χ2v) is 7.92. The van der Waals surface area contributed by atoms with Crippen molar-refractivity contribution in [1.82, 2.24) is 30.2 Å². The highest BCUT2D eigenvalue weighted by molar-refractivity contribution is 5.98. The smallest absolute Gasteiger partial charge is 0.408 e. The third kappa shape index (κ3) is 4.51. The van der Waals surface area contributed by atoms with Crippen molar-refractivity contribution in [2.24, 2.45) is 0 Å². The Hall–Kier alpha value is -4.80. The van der Waals surface area contributed by atoms with Crippen molar-refractivity contribution in [2.45, 2.75) is 20.0 Å². The van der Waals surface area contributed by atoms with Gasteiger partial charge in [0.05, 0.1) is 11.7 Å². The maximum absolute atomic E-state index is 13.5. The van der Waals surface area contributed by atoms with E-state index in [1.54, 1.807) is 43.3 Å². The van der Waals surface area contributed by atoms with Crippen LogP contribution in [-0.2, 0) is 13.1 Å². The number of rotatable bonds is 6. The van der Waals surface area contributed by atoms with E-state index < -0.39 is 17.6 Å². The number of hydrogen-bond donors (Lipinski definition) is 3. The number of hydrogen-bond acceptors (Lipinski definition) is 6. The van der Waals surface area contributed by atoms with Gasteiger partial charge in [0.2, 0.25) is 0 Å². The number of oxazole rings is 1. The predicted molar refractivity (Wildman–Crippen MR) is 123 cm³/mol. The largest absolute Gasteiger partial charge is 0.417 e. The molecule has 2 amide bonds. The zero-order valence-corrected chi connectivity index (χ0v) is 18.5. The van der Waals surface area contributed by atoms with Crippen LogP contribution in [0.2, 0.25) is 0 Å². The molecule has 3 heterocycles. The number of nitrogens with one attached hydrogen (secondary N) is 3. The molecule has 35 heavy (non-hydrogen) atoms. The first kappa shape index (κ1) is 22.0. The lowest BCUT2D eigenvalue weighted by molar-refractivity contribution is 0.0942. The van der Waals surface area contributed by atoms with E-state index in [2.05, 4.69) is 25.7 Å². The fraction of sp³-hybridized carbons (Fsp3) is 0.125. The summed E-state index contributed by atoms with van der Waals surface area (Å²) in [4.78, 5) is 43.9. The number of amides is 2. The Morgan fingerprint density at radius 1 is 1.03 bits per heavy atom. The number of H-pyrrole nitrogens is 1. The minimum absolute atomic E-state index is 0.0403. The number of aromatic nitrogens is 4. The molecule has 0 spiro atoms. The van der Waals surface area contributed by atoms with E-state index in [0.717, 1.165) is 11.1 Å². The number of aryl methyl sites for hydroxylation is 1. The van der Waals surface area contributed by atoms with Crippen LogP contribution in [0.3, 0.4) is 0 Å².